The fraction of sp³-hybridized carbons (Fsp3) is 0.417. The van der Waals surface area contributed by atoms with Crippen LogP contribution in [0, 0.1) is 0 Å². The van der Waals surface area contributed by atoms with Crippen LogP contribution >= 0.6 is 0 Å². The van der Waals surface area contributed by atoms with Crippen LogP contribution in [0.25, 0.3) is 0 Å². The Bertz CT molecular complexity index is 375. The molecule has 2 N–H and O–H groups in total. The number of nitrogens with two attached hydrogens (primary N) is 1. The summed E-state index contributed by atoms with van der Waals surface area (Å²) < 4.78 is 5.03. The normalized spacial score (nSPS) is 19.9. The van der Waals surface area contributed by atoms with Crippen molar-refractivity contribution in [2.24, 2.45) is 0 Å². The van der Waals surface area contributed by atoms with Gasteiger partial charge in [0.2, 0.25) is 0 Å². The van der Waals surface area contributed by atoms with Gasteiger partial charge in [-0.15, -0.1) is 0 Å². The summed E-state index contributed by atoms with van der Waals surface area (Å²) in [5.74, 6) is 0. The maximum Gasteiger partial charge on any atom is 0.410 e. The van der Waals surface area contributed by atoms with Crippen LogP contribution < -0.4 is 5.73 Å². The van der Waals surface area contributed by atoms with Crippen molar-refractivity contribution in [2.45, 2.75) is 19.4 Å². The molecule has 16 heavy (non-hydrogen) atoms. The molecule has 4 nitrogen and oxygen atoms in total. The van der Waals surface area contributed by atoms with Gasteiger partial charge in [0.1, 0.15) is 6.61 Å². The minimum atomic E-state index is -0.206. The van der Waals surface area contributed by atoms with Crippen LogP contribution in [0.5, 0.6) is 0 Å². The van der Waals surface area contributed by atoms with Crippen molar-refractivity contribution in [3.05, 3.63) is 29.8 Å². The second kappa shape index (κ2) is 4.43. The Kier molecular flexibility index (Phi) is 2.99. The highest BCUT2D eigenvalue weighted by atomic mass is 16.6. The number of amides is 1. The SMILES string of the molecule is CCN1C(=O)OCC1Cc1ccc(N)cc1. The number of carbonyl (C=O) groups excluding carboxylic acids is 1. The number of ether oxygens (including phenoxy) is 1. The second-order valence-electron chi connectivity index (χ2n) is 3.96. The van der Waals surface area contributed by atoms with Crippen LogP contribution in [0.15, 0.2) is 24.3 Å². The zero-order valence-electron chi connectivity index (χ0n) is 9.35. The maximum absolute atomic E-state index is 11.3. The Morgan fingerprint density at radius 2 is 2.12 bits per heavy atom. The number of hydrogen-bond acceptors (Lipinski definition) is 3. The predicted octanol–water partition coefficient (Wildman–Crippen LogP) is 1.65. The molecule has 1 unspecified atom stereocenters. The van der Waals surface area contributed by atoms with Crippen LogP contribution in [0.3, 0.4) is 0 Å². The molecule has 0 radical (unpaired) electrons. The van der Waals surface area contributed by atoms with E-state index in [1.807, 2.05) is 31.2 Å². The molecule has 4 heteroatoms. The lowest BCUT2D eigenvalue weighted by Gasteiger charge is -2.19. The van der Waals surface area contributed by atoms with E-state index in [1.54, 1.807) is 4.90 Å². The molecule has 1 amide bonds. The van der Waals surface area contributed by atoms with Crippen LogP contribution in [0.4, 0.5) is 10.5 Å². The Balaban J connectivity index is 2.04. The van der Waals surface area contributed by atoms with E-state index < -0.39 is 0 Å². The van der Waals surface area contributed by atoms with E-state index in [-0.39, 0.29) is 12.1 Å². The van der Waals surface area contributed by atoms with Crippen molar-refractivity contribution in [1.29, 1.82) is 0 Å². The topological polar surface area (TPSA) is 55.6 Å². The summed E-state index contributed by atoms with van der Waals surface area (Å²) >= 11 is 0. The van der Waals surface area contributed by atoms with Gasteiger partial charge in [-0.25, -0.2) is 4.79 Å². The number of nitrogens with zero attached hydrogens (tertiary/aromatic N) is 1. The third-order valence-corrected chi connectivity index (χ3v) is 2.87. The largest absolute Gasteiger partial charge is 0.447 e. The number of nitrogen functional groups attached to an aromatic ring is 1. The van der Waals surface area contributed by atoms with Crippen molar-refractivity contribution in [2.75, 3.05) is 18.9 Å². The van der Waals surface area contributed by atoms with E-state index in [9.17, 15) is 4.79 Å². The minimum absolute atomic E-state index is 0.154. The monoisotopic (exact) mass is 220 g/mol. The second-order valence-corrected chi connectivity index (χ2v) is 3.96. The van der Waals surface area contributed by atoms with Gasteiger partial charge in [-0.3, -0.25) is 0 Å². The molecule has 86 valence electrons. The number of anilines is 1. The molecule has 1 aliphatic heterocycles. The number of cyclic esters (lactones) is 1. The summed E-state index contributed by atoms with van der Waals surface area (Å²) in [6, 6.07) is 7.89. The molecule has 2 rings (SSSR count). The van der Waals surface area contributed by atoms with E-state index in [2.05, 4.69) is 0 Å². The predicted molar refractivity (Wildman–Crippen MR) is 62.1 cm³/mol. The van der Waals surface area contributed by atoms with Gasteiger partial charge in [0.25, 0.3) is 0 Å². The zero-order valence-corrected chi connectivity index (χ0v) is 9.35. The summed E-state index contributed by atoms with van der Waals surface area (Å²) in [5, 5.41) is 0. The Hall–Kier alpha value is -1.71. The van der Waals surface area contributed by atoms with Gasteiger partial charge in [0.05, 0.1) is 6.04 Å². The van der Waals surface area contributed by atoms with E-state index in [0.29, 0.717) is 13.2 Å². The Morgan fingerprint density at radius 1 is 1.44 bits per heavy atom. The molecule has 0 aromatic heterocycles. The van der Waals surface area contributed by atoms with Gasteiger partial charge in [-0.1, -0.05) is 12.1 Å². The third-order valence-electron chi connectivity index (χ3n) is 2.87. The molecule has 1 atom stereocenters. The molecule has 0 saturated carbocycles. The first-order valence-electron chi connectivity index (χ1n) is 5.48. The molecule has 0 spiro atoms. The first-order chi connectivity index (χ1) is 7.70. The van der Waals surface area contributed by atoms with Gasteiger partial charge in [0.15, 0.2) is 0 Å². The molecule has 1 aromatic carbocycles. The van der Waals surface area contributed by atoms with Crippen LogP contribution in [-0.4, -0.2) is 30.2 Å². The highest BCUT2D eigenvalue weighted by Crippen LogP contribution is 2.17. The van der Waals surface area contributed by atoms with Crippen molar-refractivity contribution >= 4 is 11.8 Å². The average molecular weight is 220 g/mol. The lowest BCUT2D eigenvalue weighted by Crippen LogP contribution is -2.34. The fourth-order valence-corrected chi connectivity index (χ4v) is 1.97. The summed E-state index contributed by atoms with van der Waals surface area (Å²) in [4.78, 5) is 13.1. The van der Waals surface area contributed by atoms with Gasteiger partial charge in [-0.2, -0.15) is 0 Å². The minimum Gasteiger partial charge on any atom is -0.447 e. The van der Waals surface area contributed by atoms with E-state index >= 15 is 0 Å². The molecule has 1 fully saturated rings. The molecule has 1 aromatic rings. The highest BCUT2D eigenvalue weighted by molar-refractivity contribution is 5.70. The standard InChI is InChI=1S/C12H16N2O2/c1-2-14-11(8-16-12(14)15)7-9-3-5-10(13)6-4-9/h3-6,11H,2,7-8,13H2,1H3. The number of carbonyl (C=O) groups is 1. The van der Waals surface area contributed by atoms with Gasteiger partial charge >= 0.3 is 6.09 Å². The Morgan fingerprint density at radius 3 is 2.75 bits per heavy atom. The number of hydrogen-bond donors (Lipinski definition) is 1. The first kappa shape index (κ1) is 10.8. The lowest BCUT2D eigenvalue weighted by atomic mass is 10.1. The summed E-state index contributed by atoms with van der Waals surface area (Å²) in [6.45, 7) is 3.14. The molecular formula is C12H16N2O2. The van der Waals surface area contributed by atoms with Crippen molar-refractivity contribution < 1.29 is 9.53 Å². The van der Waals surface area contributed by atoms with Crippen LogP contribution in [-0.2, 0) is 11.2 Å². The molecule has 1 saturated heterocycles. The van der Waals surface area contributed by atoms with E-state index in [0.717, 1.165) is 12.1 Å². The fourth-order valence-electron chi connectivity index (χ4n) is 1.97. The number of likely N-dealkylation sites (N-methyl/N-ethyl adjacent to an activating group) is 1. The molecule has 1 aliphatic rings. The summed E-state index contributed by atoms with van der Waals surface area (Å²) in [7, 11) is 0. The van der Waals surface area contributed by atoms with Crippen molar-refractivity contribution in [1.82, 2.24) is 4.90 Å². The van der Waals surface area contributed by atoms with Crippen LogP contribution in [0.1, 0.15) is 12.5 Å². The smallest absolute Gasteiger partial charge is 0.410 e. The molecular weight excluding hydrogens is 204 g/mol. The molecule has 0 aliphatic carbocycles. The Labute approximate surface area is 95.0 Å². The quantitative estimate of drug-likeness (QED) is 0.788. The number of benzene rings is 1. The zero-order chi connectivity index (χ0) is 11.5. The third kappa shape index (κ3) is 2.10. The average Bonchev–Trinajstić information content (AvgIpc) is 2.63. The number of rotatable bonds is 3. The summed E-state index contributed by atoms with van der Waals surface area (Å²) in [5.41, 5.74) is 7.56. The van der Waals surface area contributed by atoms with Gasteiger partial charge < -0.3 is 15.4 Å². The summed E-state index contributed by atoms with van der Waals surface area (Å²) in [6.07, 6.45) is 0.614. The van der Waals surface area contributed by atoms with E-state index in [1.165, 1.54) is 5.56 Å². The highest BCUT2D eigenvalue weighted by Gasteiger charge is 2.31. The maximum atomic E-state index is 11.3. The van der Waals surface area contributed by atoms with Crippen molar-refractivity contribution in [3.63, 3.8) is 0 Å². The molecule has 0 bridgehead atoms. The van der Waals surface area contributed by atoms with Crippen molar-refractivity contribution in [3.8, 4) is 0 Å². The lowest BCUT2D eigenvalue weighted by molar-refractivity contribution is 0.159. The molecule has 1 heterocycles. The van der Waals surface area contributed by atoms with Gasteiger partial charge in [0, 0.05) is 12.2 Å². The van der Waals surface area contributed by atoms with Gasteiger partial charge in [-0.05, 0) is 31.0 Å². The van der Waals surface area contributed by atoms with Crippen LogP contribution in [0.2, 0.25) is 0 Å². The first-order valence-corrected chi connectivity index (χ1v) is 5.48. The van der Waals surface area contributed by atoms with E-state index in [4.69, 9.17) is 10.5 Å².